The lowest BCUT2D eigenvalue weighted by atomic mass is 9.98. The molecule has 1 aromatic heterocycles. The molecule has 0 N–H and O–H groups in total. The van der Waals surface area contributed by atoms with Gasteiger partial charge in [0.25, 0.3) is 0 Å². The summed E-state index contributed by atoms with van der Waals surface area (Å²) in [5, 5.41) is 12.5. The average Bonchev–Trinajstić information content (AvgIpc) is 3.20. The molecule has 0 unspecified atom stereocenters. The van der Waals surface area contributed by atoms with Crippen molar-refractivity contribution in [2.24, 2.45) is 0 Å². The number of benzene rings is 2. The fourth-order valence-electron chi connectivity index (χ4n) is 3.56. The van der Waals surface area contributed by atoms with E-state index >= 15 is 0 Å². The normalized spacial score (nSPS) is 13.1. The number of amides is 1. The molecule has 0 fully saturated rings. The van der Waals surface area contributed by atoms with Crippen LogP contribution in [0.5, 0.6) is 11.5 Å². The lowest BCUT2D eigenvalue weighted by molar-refractivity contribution is -0.133. The first-order valence-electron chi connectivity index (χ1n) is 9.44. The van der Waals surface area contributed by atoms with Crippen molar-refractivity contribution < 1.29 is 14.3 Å². The van der Waals surface area contributed by atoms with Crippen LogP contribution in [-0.2, 0) is 24.3 Å². The van der Waals surface area contributed by atoms with E-state index < -0.39 is 0 Å². The predicted molar refractivity (Wildman–Crippen MR) is 107 cm³/mol. The van der Waals surface area contributed by atoms with E-state index in [1.54, 1.807) is 14.2 Å². The van der Waals surface area contributed by atoms with Crippen molar-refractivity contribution >= 4 is 5.91 Å². The molecule has 1 amide bonds. The molecule has 0 atom stereocenters. The summed E-state index contributed by atoms with van der Waals surface area (Å²) in [5.74, 6) is 1.86. The van der Waals surface area contributed by atoms with Crippen LogP contribution >= 0.6 is 0 Å². The Kier molecular flexibility index (Phi) is 5.16. The third-order valence-corrected chi connectivity index (χ3v) is 5.19. The van der Waals surface area contributed by atoms with Gasteiger partial charge < -0.3 is 14.4 Å². The largest absolute Gasteiger partial charge is 0.493 e. The highest BCUT2D eigenvalue weighted by Gasteiger charge is 2.23. The number of carbonyl (C=O) groups excluding carboxylic acids is 1. The van der Waals surface area contributed by atoms with Gasteiger partial charge in [0.2, 0.25) is 11.7 Å². The second-order valence-electron chi connectivity index (χ2n) is 7.00. The molecule has 2 aromatic carbocycles. The van der Waals surface area contributed by atoms with Gasteiger partial charge in [-0.2, -0.15) is 4.80 Å². The van der Waals surface area contributed by atoms with Crippen molar-refractivity contribution in [3.63, 3.8) is 0 Å². The van der Waals surface area contributed by atoms with Crippen molar-refractivity contribution in [2.45, 2.75) is 26.4 Å². The Morgan fingerprint density at radius 1 is 1.10 bits per heavy atom. The van der Waals surface area contributed by atoms with Crippen LogP contribution in [0.25, 0.3) is 11.4 Å². The van der Waals surface area contributed by atoms with Crippen LogP contribution in [0.2, 0.25) is 0 Å². The van der Waals surface area contributed by atoms with Crippen LogP contribution in [-0.4, -0.2) is 51.8 Å². The minimum atomic E-state index is -0.0424. The van der Waals surface area contributed by atoms with Gasteiger partial charge in [-0.3, -0.25) is 4.79 Å². The van der Waals surface area contributed by atoms with E-state index in [4.69, 9.17) is 9.47 Å². The second-order valence-corrected chi connectivity index (χ2v) is 7.00. The molecular weight excluding hydrogens is 370 g/mol. The summed E-state index contributed by atoms with van der Waals surface area (Å²) in [6.45, 7) is 3.21. The van der Waals surface area contributed by atoms with Crippen LogP contribution < -0.4 is 9.47 Å². The number of fused-ring (bicyclic) bond motifs is 1. The smallest absolute Gasteiger partial charge is 0.246 e. The predicted octanol–water partition coefficient (Wildman–Crippen LogP) is 2.25. The molecule has 150 valence electrons. The zero-order valence-corrected chi connectivity index (χ0v) is 16.8. The highest BCUT2D eigenvalue weighted by molar-refractivity contribution is 5.76. The quantitative estimate of drug-likeness (QED) is 0.661. The van der Waals surface area contributed by atoms with Gasteiger partial charge in [0, 0.05) is 18.7 Å². The van der Waals surface area contributed by atoms with E-state index in [1.165, 1.54) is 10.4 Å². The molecule has 0 bridgehead atoms. The number of rotatable bonds is 5. The number of hydrogen-bond donors (Lipinski definition) is 0. The Balaban J connectivity index is 1.47. The summed E-state index contributed by atoms with van der Waals surface area (Å²) >= 11 is 0. The summed E-state index contributed by atoms with van der Waals surface area (Å²) in [6.07, 6.45) is 0.765. The zero-order valence-electron chi connectivity index (χ0n) is 16.8. The standard InChI is InChI=1S/C21H23N5O3/c1-14-6-4-5-7-17(14)21-22-24-26(23-21)13-20(27)25-9-8-15-10-18(28-2)19(29-3)11-16(15)12-25/h4-7,10-11H,8-9,12-13H2,1-3H3. The minimum absolute atomic E-state index is 0.0424. The number of hydrogen-bond acceptors (Lipinski definition) is 6. The van der Waals surface area contributed by atoms with Crippen molar-refractivity contribution in [1.82, 2.24) is 25.1 Å². The Morgan fingerprint density at radius 2 is 1.83 bits per heavy atom. The molecule has 0 aliphatic carbocycles. The van der Waals surface area contributed by atoms with Crippen LogP contribution in [0.3, 0.4) is 0 Å². The van der Waals surface area contributed by atoms with Crippen LogP contribution in [0, 0.1) is 6.92 Å². The number of methoxy groups -OCH3 is 2. The average molecular weight is 393 g/mol. The van der Waals surface area contributed by atoms with E-state index in [9.17, 15) is 4.79 Å². The SMILES string of the molecule is COc1cc2c(cc1OC)CN(C(=O)Cn1nnc(-c3ccccc3C)n1)CC2. The van der Waals surface area contributed by atoms with Gasteiger partial charge in [-0.25, -0.2) is 0 Å². The van der Waals surface area contributed by atoms with Crippen molar-refractivity contribution in [3.8, 4) is 22.9 Å². The molecule has 29 heavy (non-hydrogen) atoms. The van der Waals surface area contributed by atoms with Crippen molar-refractivity contribution in [3.05, 3.63) is 53.1 Å². The van der Waals surface area contributed by atoms with E-state index in [0.717, 1.165) is 23.1 Å². The summed E-state index contributed by atoms with van der Waals surface area (Å²) in [5.41, 5.74) is 4.22. The third-order valence-electron chi connectivity index (χ3n) is 5.19. The topological polar surface area (TPSA) is 82.4 Å². The van der Waals surface area contributed by atoms with E-state index in [0.29, 0.717) is 30.4 Å². The molecule has 1 aliphatic heterocycles. The molecule has 0 saturated carbocycles. The highest BCUT2D eigenvalue weighted by Crippen LogP contribution is 2.33. The number of carbonyl (C=O) groups is 1. The molecule has 8 heteroatoms. The van der Waals surface area contributed by atoms with Crippen molar-refractivity contribution in [2.75, 3.05) is 20.8 Å². The summed E-state index contributed by atoms with van der Waals surface area (Å²) in [4.78, 5) is 16.0. The first kappa shape index (κ1) is 18.9. The molecule has 8 nitrogen and oxygen atoms in total. The van der Waals surface area contributed by atoms with Gasteiger partial charge in [-0.1, -0.05) is 24.3 Å². The lowest BCUT2D eigenvalue weighted by Gasteiger charge is -2.29. The fraction of sp³-hybridized carbons (Fsp3) is 0.333. The lowest BCUT2D eigenvalue weighted by Crippen LogP contribution is -2.38. The molecule has 3 aromatic rings. The van der Waals surface area contributed by atoms with Gasteiger partial charge in [-0.15, -0.1) is 10.2 Å². The van der Waals surface area contributed by atoms with Gasteiger partial charge in [0.05, 0.1) is 14.2 Å². The van der Waals surface area contributed by atoms with Crippen LogP contribution in [0.4, 0.5) is 0 Å². The molecule has 0 saturated heterocycles. The van der Waals surface area contributed by atoms with Crippen molar-refractivity contribution in [1.29, 1.82) is 0 Å². The maximum absolute atomic E-state index is 12.8. The summed E-state index contributed by atoms with van der Waals surface area (Å²) in [7, 11) is 3.23. The highest BCUT2D eigenvalue weighted by atomic mass is 16.5. The number of tetrazole rings is 1. The Labute approximate surface area is 169 Å². The number of nitrogens with zero attached hydrogens (tertiary/aromatic N) is 5. The fourth-order valence-corrected chi connectivity index (χ4v) is 3.56. The van der Waals surface area contributed by atoms with Gasteiger partial charge in [0.1, 0.15) is 6.54 Å². The number of aryl methyl sites for hydroxylation is 1. The molecule has 0 spiro atoms. The molecule has 0 radical (unpaired) electrons. The molecule has 1 aliphatic rings. The van der Waals surface area contributed by atoms with E-state index in [2.05, 4.69) is 15.4 Å². The van der Waals surface area contributed by atoms with Crippen LogP contribution in [0.1, 0.15) is 16.7 Å². The Bertz CT molecular complexity index is 1050. The van der Waals surface area contributed by atoms with Gasteiger partial charge in [0.15, 0.2) is 11.5 Å². The monoisotopic (exact) mass is 393 g/mol. The molecular formula is C21H23N5O3. The Morgan fingerprint density at radius 3 is 2.55 bits per heavy atom. The van der Waals surface area contributed by atoms with E-state index in [1.807, 2.05) is 48.2 Å². The summed E-state index contributed by atoms with van der Waals surface area (Å²) < 4.78 is 10.8. The first-order valence-corrected chi connectivity index (χ1v) is 9.44. The van der Waals surface area contributed by atoms with Gasteiger partial charge >= 0.3 is 0 Å². The minimum Gasteiger partial charge on any atom is -0.493 e. The molecule has 2 heterocycles. The second kappa shape index (κ2) is 7.90. The number of aromatic nitrogens is 4. The molecule has 4 rings (SSSR count). The maximum Gasteiger partial charge on any atom is 0.246 e. The maximum atomic E-state index is 12.8. The Hall–Kier alpha value is -3.42. The zero-order chi connectivity index (χ0) is 20.4. The third kappa shape index (κ3) is 3.78. The van der Waals surface area contributed by atoms with Crippen LogP contribution in [0.15, 0.2) is 36.4 Å². The van der Waals surface area contributed by atoms with E-state index in [-0.39, 0.29) is 12.5 Å². The first-order chi connectivity index (χ1) is 14.1. The summed E-state index contributed by atoms with van der Waals surface area (Å²) in [6, 6.07) is 11.8. The number of ether oxygens (including phenoxy) is 2. The van der Waals surface area contributed by atoms with Gasteiger partial charge in [-0.05, 0) is 47.4 Å².